The Labute approximate surface area is 141 Å². The highest BCUT2D eigenvalue weighted by molar-refractivity contribution is 7.19. The average molecular weight is 335 g/mol. The topological polar surface area (TPSA) is 57.4 Å². The van der Waals surface area contributed by atoms with Gasteiger partial charge in [-0.25, -0.2) is 0 Å². The summed E-state index contributed by atoms with van der Waals surface area (Å²) < 4.78 is 6.58. The van der Waals surface area contributed by atoms with Crippen LogP contribution in [-0.2, 0) is 11.3 Å². The fraction of sp³-hybridized carbons (Fsp3) is 0.588. The zero-order valence-corrected chi connectivity index (χ0v) is 15.1. The van der Waals surface area contributed by atoms with Gasteiger partial charge in [-0.3, -0.25) is 9.69 Å². The molecule has 6 heteroatoms. The zero-order valence-electron chi connectivity index (χ0n) is 14.3. The quantitative estimate of drug-likeness (QED) is 0.907. The third kappa shape index (κ3) is 3.76. The predicted octanol–water partition coefficient (Wildman–Crippen LogP) is 2.90. The maximum absolute atomic E-state index is 12.3. The minimum absolute atomic E-state index is 0.0455. The molecule has 5 nitrogen and oxygen atoms in total. The van der Waals surface area contributed by atoms with Gasteiger partial charge in [0.1, 0.15) is 5.69 Å². The molecule has 1 amide bonds. The van der Waals surface area contributed by atoms with E-state index in [0.717, 1.165) is 43.1 Å². The minimum Gasteiger partial charge on any atom is -0.379 e. The Balaban J connectivity index is 1.84. The molecule has 3 rings (SSSR count). The fourth-order valence-electron chi connectivity index (χ4n) is 2.85. The molecule has 0 saturated carbocycles. The first kappa shape index (κ1) is 16.5. The first-order valence-electron chi connectivity index (χ1n) is 8.07. The molecule has 2 aromatic rings. The molecule has 0 aromatic carbocycles. The van der Waals surface area contributed by atoms with Crippen LogP contribution in [0.5, 0.6) is 0 Å². The van der Waals surface area contributed by atoms with Crippen LogP contribution in [0, 0.1) is 6.92 Å². The molecule has 1 aliphatic heterocycles. The van der Waals surface area contributed by atoms with Crippen LogP contribution in [0.2, 0.25) is 0 Å². The molecule has 1 aliphatic rings. The van der Waals surface area contributed by atoms with E-state index in [4.69, 9.17) is 4.74 Å². The molecule has 1 fully saturated rings. The molecular weight excluding hydrogens is 310 g/mol. The summed E-state index contributed by atoms with van der Waals surface area (Å²) in [5.74, 6) is -0.0455. The van der Waals surface area contributed by atoms with Gasteiger partial charge in [0, 0.05) is 35.6 Å². The van der Waals surface area contributed by atoms with Crippen molar-refractivity contribution < 1.29 is 9.53 Å². The summed E-state index contributed by atoms with van der Waals surface area (Å²) in [7, 11) is 0. The number of ether oxygens (including phenoxy) is 1. The number of H-pyrrole nitrogens is 1. The normalized spacial score (nSPS) is 16.9. The Morgan fingerprint density at radius 1 is 1.39 bits per heavy atom. The summed E-state index contributed by atoms with van der Waals surface area (Å²) in [5, 5.41) is 3.01. The van der Waals surface area contributed by atoms with Gasteiger partial charge in [0.15, 0.2) is 0 Å². The Kier molecular flexibility index (Phi) is 4.49. The van der Waals surface area contributed by atoms with Crippen molar-refractivity contribution in [2.75, 3.05) is 26.3 Å². The van der Waals surface area contributed by atoms with Crippen molar-refractivity contribution >= 4 is 27.5 Å². The van der Waals surface area contributed by atoms with Gasteiger partial charge in [-0.05, 0) is 33.8 Å². The van der Waals surface area contributed by atoms with E-state index in [-0.39, 0.29) is 11.4 Å². The van der Waals surface area contributed by atoms with Crippen LogP contribution >= 0.6 is 11.3 Å². The number of thiophene rings is 1. The highest BCUT2D eigenvalue weighted by atomic mass is 32.1. The molecule has 0 unspecified atom stereocenters. The number of carbonyl (C=O) groups is 1. The number of amides is 1. The number of carbonyl (C=O) groups excluding carboxylic acids is 1. The van der Waals surface area contributed by atoms with Crippen molar-refractivity contribution in [1.29, 1.82) is 0 Å². The van der Waals surface area contributed by atoms with Crippen LogP contribution in [0.4, 0.5) is 0 Å². The molecule has 0 spiro atoms. The molecule has 23 heavy (non-hydrogen) atoms. The third-order valence-corrected chi connectivity index (χ3v) is 5.08. The van der Waals surface area contributed by atoms with E-state index in [0.29, 0.717) is 5.69 Å². The number of morpholine rings is 1. The lowest BCUT2D eigenvalue weighted by Gasteiger charge is -2.26. The lowest BCUT2D eigenvalue weighted by molar-refractivity contribution is 0.0343. The second-order valence-corrected chi connectivity index (χ2v) is 8.41. The summed E-state index contributed by atoms with van der Waals surface area (Å²) >= 11 is 1.75. The number of aromatic amines is 1. The van der Waals surface area contributed by atoms with Crippen molar-refractivity contribution in [1.82, 2.24) is 15.2 Å². The fourth-order valence-corrected chi connectivity index (χ4v) is 3.92. The lowest BCUT2D eigenvalue weighted by atomic mass is 10.1. The van der Waals surface area contributed by atoms with Crippen molar-refractivity contribution in [3.8, 4) is 0 Å². The standard InChI is InChI=1S/C17H25N3O2S/c1-11-12(10-20-5-7-22-8-6-20)15-14(23-11)9-13(18-15)16(21)19-17(2,3)4/h9,18H,5-8,10H2,1-4H3,(H,19,21). The second kappa shape index (κ2) is 6.26. The number of fused-ring (bicyclic) bond motifs is 1. The number of rotatable bonds is 3. The molecule has 2 aromatic heterocycles. The summed E-state index contributed by atoms with van der Waals surface area (Å²) in [6, 6.07) is 1.97. The Bertz CT molecular complexity index is 705. The number of hydrogen-bond acceptors (Lipinski definition) is 4. The van der Waals surface area contributed by atoms with Crippen LogP contribution in [0.1, 0.15) is 41.7 Å². The SMILES string of the molecule is Cc1sc2cc(C(=O)NC(C)(C)C)[nH]c2c1CN1CCOCC1. The van der Waals surface area contributed by atoms with E-state index in [1.807, 2.05) is 26.8 Å². The summed E-state index contributed by atoms with van der Waals surface area (Å²) in [6.07, 6.45) is 0. The van der Waals surface area contributed by atoms with Crippen LogP contribution < -0.4 is 5.32 Å². The highest BCUT2D eigenvalue weighted by Gasteiger charge is 2.21. The van der Waals surface area contributed by atoms with Crippen molar-refractivity contribution in [3.63, 3.8) is 0 Å². The second-order valence-electron chi connectivity index (χ2n) is 7.15. The number of hydrogen-bond donors (Lipinski definition) is 2. The van der Waals surface area contributed by atoms with E-state index in [1.54, 1.807) is 11.3 Å². The van der Waals surface area contributed by atoms with Gasteiger partial charge in [0.05, 0.1) is 23.4 Å². The van der Waals surface area contributed by atoms with Gasteiger partial charge in [-0.15, -0.1) is 11.3 Å². The van der Waals surface area contributed by atoms with Crippen molar-refractivity contribution in [2.24, 2.45) is 0 Å². The minimum atomic E-state index is -0.234. The molecule has 0 radical (unpaired) electrons. The molecule has 2 N–H and O–H groups in total. The van der Waals surface area contributed by atoms with Gasteiger partial charge in [0.2, 0.25) is 0 Å². The van der Waals surface area contributed by atoms with E-state index >= 15 is 0 Å². The monoisotopic (exact) mass is 335 g/mol. The smallest absolute Gasteiger partial charge is 0.268 e. The summed E-state index contributed by atoms with van der Waals surface area (Å²) in [6.45, 7) is 12.6. The predicted molar refractivity (Wildman–Crippen MR) is 94.2 cm³/mol. The van der Waals surface area contributed by atoms with Gasteiger partial charge in [0.25, 0.3) is 5.91 Å². The van der Waals surface area contributed by atoms with Crippen molar-refractivity contribution in [2.45, 2.75) is 39.8 Å². The molecule has 126 valence electrons. The molecule has 0 aliphatic carbocycles. The van der Waals surface area contributed by atoms with E-state index in [1.165, 1.54) is 10.4 Å². The molecule has 3 heterocycles. The Morgan fingerprint density at radius 3 is 2.74 bits per heavy atom. The number of aromatic nitrogens is 1. The maximum Gasteiger partial charge on any atom is 0.268 e. The van der Waals surface area contributed by atoms with Gasteiger partial charge in [-0.1, -0.05) is 0 Å². The molecular formula is C17H25N3O2S. The average Bonchev–Trinajstić information content (AvgIpc) is 2.98. The molecule has 0 atom stereocenters. The Morgan fingerprint density at radius 2 is 2.09 bits per heavy atom. The summed E-state index contributed by atoms with van der Waals surface area (Å²) in [5.41, 5.74) is 2.83. The van der Waals surface area contributed by atoms with Crippen LogP contribution in [0.15, 0.2) is 6.07 Å². The first-order valence-corrected chi connectivity index (χ1v) is 8.89. The van der Waals surface area contributed by atoms with Crippen molar-refractivity contribution in [3.05, 3.63) is 22.2 Å². The highest BCUT2D eigenvalue weighted by Crippen LogP contribution is 2.32. The van der Waals surface area contributed by atoms with Gasteiger partial charge >= 0.3 is 0 Å². The zero-order chi connectivity index (χ0) is 16.6. The van der Waals surface area contributed by atoms with Crippen LogP contribution in [0.3, 0.4) is 0 Å². The molecule has 1 saturated heterocycles. The van der Waals surface area contributed by atoms with Gasteiger partial charge < -0.3 is 15.0 Å². The first-order chi connectivity index (χ1) is 10.8. The number of aryl methyl sites for hydroxylation is 1. The Hall–Kier alpha value is -1.37. The van der Waals surface area contributed by atoms with E-state index in [2.05, 4.69) is 22.1 Å². The van der Waals surface area contributed by atoms with E-state index in [9.17, 15) is 4.79 Å². The maximum atomic E-state index is 12.3. The van der Waals surface area contributed by atoms with E-state index < -0.39 is 0 Å². The van der Waals surface area contributed by atoms with Crippen LogP contribution in [0.25, 0.3) is 10.2 Å². The number of nitrogens with one attached hydrogen (secondary N) is 2. The largest absolute Gasteiger partial charge is 0.379 e. The van der Waals surface area contributed by atoms with Crippen LogP contribution in [-0.4, -0.2) is 47.6 Å². The van der Waals surface area contributed by atoms with Gasteiger partial charge in [-0.2, -0.15) is 0 Å². The third-order valence-electron chi connectivity index (χ3n) is 3.99. The number of nitrogens with zero attached hydrogens (tertiary/aromatic N) is 1. The summed E-state index contributed by atoms with van der Waals surface area (Å²) in [4.78, 5) is 19.4. The molecule has 0 bridgehead atoms. The lowest BCUT2D eigenvalue weighted by Crippen LogP contribution is -2.40.